The van der Waals surface area contributed by atoms with Crippen LogP contribution >= 0.6 is 15.9 Å². The lowest BCUT2D eigenvalue weighted by molar-refractivity contribution is 0.0696. The molecule has 7 heteroatoms. The van der Waals surface area contributed by atoms with Gasteiger partial charge >= 0.3 is 5.97 Å². The van der Waals surface area contributed by atoms with Crippen molar-refractivity contribution in [1.82, 2.24) is 4.72 Å². The Labute approximate surface area is 132 Å². The fourth-order valence-corrected chi connectivity index (χ4v) is 4.76. The van der Waals surface area contributed by atoms with Gasteiger partial charge in [0.2, 0.25) is 10.0 Å². The molecule has 1 aliphatic rings. The molecule has 1 aliphatic carbocycles. The molecule has 2 unspecified atom stereocenters. The molecule has 0 saturated heterocycles. The van der Waals surface area contributed by atoms with E-state index < -0.39 is 16.0 Å². The maximum Gasteiger partial charge on any atom is 0.335 e. The number of halogens is 1. The van der Waals surface area contributed by atoms with Gasteiger partial charge in [-0.15, -0.1) is 0 Å². The van der Waals surface area contributed by atoms with E-state index in [4.69, 9.17) is 5.11 Å². The topological polar surface area (TPSA) is 83.5 Å². The molecule has 2 rings (SSSR count). The minimum absolute atomic E-state index is 0.0338. The molecule has 0 amide bonds. The van der Waals surface area contributed by atoms with E-state index in [9.17, 15) is 13.2 Å². The Morgan fingerprint density at radius 3 is 2.71 bits per heavy atom. The van der Waals surface area contributed by atoms with Crippen molar-refractivity contribution < 1.29 is 18.3 Å². The summed E-state index contributed by atoms with van der Waals surface area (Å²) < 4.78 is 27.6. The van der Waals surface area contributed by atoms with Crippen LogP contribution in [-0.2, 0) is 10.0 Å². The fourth-order valence-electron chi connectivity index (χ4n) is 2.66. The summed E-state index contributed by atoms with van der Waals surface area (Å²) in [6, 6.07) is 3.98. The third kappa shape index (κ3) is 4.05. The van der Waals surface area contributed by atoms with Crippen LogP contribution in [0, 0.1) is 11.8 Å². The van der Waals surface area contributed by atoms with E-state index >= 15 is 0 Å². The zero-order valence-electron chi connectivity index (χ0n) is 11.7. The van der Waals surface area contributed by atoms with Crippen LogP contribution in [0.5, 0.6) is 0 Å². The number of hydrogen-bond donors (Lipinski definition) is 2. The Bertz CT molecular complexity index is 644. The van der Waals surface area contributed by atoms with Gasteiger partial charge < -0.3 is 5.11 Å². The highest BCUT2D eigenvalue weighted by atomic mass is 79.9. The lowest BCUT2D eigenvalue weighted by Crippen LogP contribution is -2.29. The quantitative estimate of drug-likeness (QED) is 0.828. The second-order valence-corrected chi connectivity index (χ2v) is 8.18. The highest BCUT2D eigenvalue weighted by Crippen LogP contribution is 2.30. The van der Waals surface area contributed by atoms with Crippen LogP contribution < -0.4 is 4.72 Å². The van der Waals surface area contributed by atoms with E-state index in [1.165, 1.54) is 18.2 Å². The molecule has 1 aromatic rings. The number of nitrogens with one attached hydrogen (secondary N) is 1. The highest BCUT2D eigenvalue weighted by Gasteiger charge is 2.25. The number of carboxylic acids is 1. The summed E-state index contributed by atoms with van der Waals surface area (Å²) in [7, 11) is -3.71. The number of hydrogen-bond acceptors (Lipinski definition) is 3. The van der Waals surface area contributed by atoms with Crippen molar-refractivity contribution in [1.29, 1.82) is 0 Å². The number of rotatable bonds is 5. The van der Waals surface area contributed by atoms with Gasteiger partial charge in [0.25, 0.3) is 0 Å². The summed E-state index contributed by atoms with van der Waals surface area (Å²) in [5.74, 6) is -0.152. The SMILES string of the molecule is CC1CCC(CNS(=O)(=O)c2cc(C(=O)O)ccc2Br)C1. The average Bonchev–Trinajstić information content (AvgIpc) is 2.82. The van der Waals surface area contributed by atoms with Crippen molar-refractivity contribution >= 4 is 31.9 Å². The molecule has 1 fully saturated rings. The van der Waals surface area contributed by atoms with Gasteiger partial charge in [-0.3, -0.25) is 0 Å². The lowest BCUT2D eigenvalue weighted by Gasteiger charge is -2.13. The van der Waals surface area contributed by atoms with Gasteiger partial charge in [-0.25, -0.2) is 17.9 Å². The van der Waals surface area contributed by atoms with E-state index in [0.717, 1.165) is 19.3 Å². The Kier molecular flexibility index (Phi) is 5.06. The molecule has 5 nitrogen and oxygen atoms in total. The van der Waals surface area contributed by atoms with Gasteiger partial charge in [0.05, 0.1) is 10.5 Å². The number of sulfonamides is 1. The van der Waals surface area contributed by atoms with Crippen LogP contribution in [0.25, 0.3) is 0 Å². The summed E-state index contributed by atoms with van der Waals surface area (Å²) in [6.07, 6.45) is 3.18. The first-order valence-corrected chi connectivity index (χ1v) is 9.09. The van der Waals surface area contributed by atoms with Crippen LogP contribution in [0.15, 0.2) is 27.6 Å². The molecule has 21 heavy (non-hydrogen) atoms. The maximum absolute atomic E-state index is 12.3. The molecule has 2 atom stereocenters. The van der Waals surface area contributed by atoms with Crippen LogP contribution in [0.3, 0.4) is 0 Å². The summed E-state index contributed by atoms with van der Waals surface area (Å²) in [6.45, 7) is 2.57. The van der Waals surface area contributed by atoms with Gasteiger partial charge in [-0.1, -0.05) is 13.3 Å². The molecule has 0 bridgehead atoms. The third-order valence-electron chi connectivity index (χ3n) is 3.83. The Morgan fingerprint density at radius 2 is 2.14 bits per heavy atom. The average molecular weight is 376 g/mol. The summed E-state index contributed by atoms with van der Waals surface area (Å²) >= 11 is 3.17. The predicted molar refractivity (Wildman–Crippen MR) is 82.8 cm³/mol. The monoisotopic (exact) mass is 375 g/mol. The van der Waals surface area contributed by atoms with E-state index in [0.29, 0.717) is 22.9 Å². The van der Waals surface area contributed by atoms with E-state index in [2.05, 4.69) is 27.6 Å². The molecular formula is C14H18BrNO4S. The minimum atomic E-state index is -3.71. The Balaban J connectivity index is 2.15. The molecule has 0 aromatic heterocycles. The van der Waals surface area contributed by atoms with Gasteiger partial charge in [-0.05, 0) is 58.8 Å². The largest absolute Gasteiger partial charge is 0.478 e. The van der Waals surface area contributed by atoms with E-state index in [-0.39, 0.29) is 10.5 Å². The number of aromatic carboxylic acids is 1. The molecule has 116 valence electrons. The van der Waals surface area contributed by atoms with Crippen molar-refractivity contribution in [2.75, 3.05) is 6.54 Å². The van der Waals surface area contributed by atoms with Gasteiger partial charge in [0, 0.05) is 11.0 Å². The minimum Gasteiger partial charge on any atom is -0.478 e. The fraction of sp³-hybridized carbons (Fsp3) is 0.500. The Morgan fingerprint density at radius 1 is 1.43 bits per heavy atom. The predicted octanol–water partition coefficient (Wildman–Crippen LogP) is 2.86. The first kappa shape index (κ1) is 16.5. The molecule has 1 aromatic carbocycles. The van der Waals surface area contributed by atoms with Crippen molar-refractivity contribution in [2.45, 2.75) is 31.1 Å². The van der Waals surface area contributed by atoms with Crippen molar-refractivity contribution in [3.63, 3.8) is 0 Å². The zero-order valence-corrected chi connectivity index (χ0v) is 14.1. The maximum atomic E-state index is 12.3. The van der Waals surface area contributed by atoms with E-state index in [1.807, 2.05) is 0 Å². The van der Waals surface area contributed by atoms with Crippen molar-refractivity contribution in [2.24, 2.45) is 11.8 Å². The number of benzene rings is 1. The first-order chi connectivity index (χ1) is 9.79. The lowest BCUT2D eigenvalue weighted by atomic mass is 10.1. The zero-order chi connectivity index (χ0) is 15.6. The number of carbonyl (C=O) groups is 1. The summed E-state index contributed by atoms with van der Waals surface area (Å²) in [5, 5.41) is 8.97. The number of carboxylic acid groups (broad SMARTS) is 1. The highest BCUT2D eigenvalue weighted by molar-refractivity contribution is 9.10. The molecule has 2 N–H and O–H groups in total. The van der Waals surface area contributed by atoms with Gasteiger partial charge in [-0.2, -0.15) is 0 Å². The smallest absolute Gasteiger partial charge is 0.335 e. The third-order valence-corrected chi connectivity index (χ3v) is 6.25. The van der Waals surface area contributed by atoms with E-state index in [1.54, 1.807) is 0 Å². The van der Waals surface area contributed by atoms with Crippen LogP contribution in [0.4, 0.5) is 0 Å². The molecular weight excluding hydrogens is 358 g/mol. The molecule has 0 heterocycles. The second-order valence-electron chi connectivity index (χ2n) is 5.59. The molecule has 0 spiro atoms. The van der Waals surface area contributed by atoms with Crippen molar-refractivity contribution in [3.8, 4) is 0 Å². The van der Waals surface area contributed by atoms with Crippen LogP contribution in [-0.4, -0.2) is 26.0 Å². The summed E-state index contributed by atoms with van der Waals surface area (Å²) in [4.78, 5) is 10.9. The van der Waals surface area contributed by atoms with Crippen LogP contribution in [0.1, 0.15) is 36.5 Å². The molecule has 1 saturated carbocycles. The second kappa shape index (κ2) is 6.46. The van der Waals surface area contributed by atoms with Gasteiger partial charge in [0.15, 0.2) is 0 Å². The molecule has 0 radical (unpaired) electrons. The summed E-state index contributed by atoms with van der Waals surface area (Å²) in [5.41, 5.74) is -0.0481. The normalized spacial score (nSPS) is 22.4. The first-order valence-electron chi connectivity index (χ1n) is 6.82. The standard InChI is InChI=1S/C14H18BrNO4S/c1-9-2-3-10(6-9)8-16-21(19,20)13-7-11(14(17)18)4-5-12(13)15/h4-5,7,9-10,16H,2-3,6,8H2,1H3,(H,17,18). The Hall–Kier alpha value is -0.920. The van der Waals surface area contributed by atoms with Crippen LogP contribution in [0.2, 0.25) is 0 Å². The van der Waals surface area contributed by atoms with Crippen molar-refractivity contribution in [3.05, 3.63) is 28.2 Å². The van der Waals surface area contributed by atoms with Gasteiger partial charge in [0.1, 0.15) is 0 Å². The molecule has 0 aliphatic heterocycles.